The third-order valence-electron chi connectivity index (χ3n) is 9.35. The fourth-order valence-corrected chi connectivity index (χ4v) is 9.07. The summed E-state index contributed by atoms with van der Waals surface area (Å²) in [6, 6.07) is 0. The highest BCUT2D eigenvalue weighted by atomic mass is 79.9. The van der Waals surface area contributed by atoms with Crippen LogP contribution in [0.15, 0.2) is 0 Å². The molecule has 8 atom stereocenters. The van der Waals surface area contributed by atoms with Gasteiger partial charge in [-0.25, -0.2) is 9.78 Å². The van der Waals surface area contributed by atoms with Crippen molar-refractivity contribution < 1.29 is 24.4 Å². The summed E-state index contributed by atoms with van der Waals surface area (Å²) >= 11 is 4.14. The van der Waals surface area contributed by atoms with Gasteiger partial charge in [-0.05, 0) is 69.1 Å². The van der Waals surface area contributed by atoms with E-state index >= 15 is 0 Å². The molecule has 0 aromatic heterocycles. The van der Waals surface area contributed by atoms with Gasteiger partial charge in [0.15, 0.2) is 0 Å². The van der Waals surface area contributed by atoms with Crippen molar-refractivity contribution >= 4 is 21.9 Å². The molecule has 1 N–H and O–H groups in total. The van der Waals surface area contributed by atoms with Crippen molar-refractivity contribution in [1.82, 2.24) is 0 Å². The SMILES string of the molecule is CC(=O)O[C@H]1CC[C@H]2[C@@H]3CC[C@@]4(O)CC5(CCOO5)CC[C@]4(Br)[C@H]3CC[C@]12C. The molecule has 0 radical (unpaired) electrons. The van der Waals surface area contributed by atoms with Crippen LogP contribution in [0.1, 0.15) is 78.1 Å². The van der Waals surface area contributed by atoms with Crippen molar-refractivity contribution in [2.45, 2.75) is 99.7 Å². The number of hydrogen-bond acceptors (Lipinski definition) is 5. The number of alkyl halides is 1. The summed E-state index contributed by atoms with van der Waals surface area (Å²) in [4.78, 5) is 22.5. The zero-order valence-corrected chi connectivity index (χ0v) is 18.6. The van der Waals surface area contributed by atoms with E-state index < -0.39 is 5.60 Å². The Bertz CT molecular complexity index is 663. The van der Waals surface area contributed by atoms with E-state index in [9.17, 15) is 9.90 Å². The molecule has 6 heteroatoms. The smallest absolute Gasteiger partial charge is 0.302 e. The van der Waals surface area contributed by atoms with Crippen LogP contribution in [0.3, 0.4) is 0 Å². The predicted molar refractivity (Wildman–Crippen MR) is 107 cm³/mol. The highest BCUT2D eigenvalue weighted by Gasteiger charge is 2.68. The summed E-state index contributed by atoms with van der Waals surface area (Å²) in [7, 11) is 0. The maximum atomic E-state index is 11.8. The minimum absolute atomic E-state index is 0.0571. The minimum Gasteiger partial charge on any atom is -0.462 e. The molecule has 0 amide bonds. The lowest BCUT2D eigenvalue weighted by Gasteiger charge is -2.63. The van der Waals surface area contributed by atoms with Gasteiger partial charge in [-0.15, -0.1) is 0 Å². The Labute approximate surface area is 175 Å². The molecule has 5 nitrogen and oxygen atoms in total. The van der Waals surface area contributed by atoms with Crippen LogP contribution in [0.25, 0.3) is 0 Å². The van der Waals surface area contributed by atoms with E-state index in [0.29, 0.717) is 30.8 Å². The quantitative estimate of drug-likeness (QED) is 0.362. The zero-order chi connectivity index (χ0) is 19.8. The number of carbonyl (C=O) groups excluding carboxylic acids is 1. The van der Waals surface area contributed by atoms with Crippen LogP contribution in [0.4, 0.5) is 0 Å². The van der Waals surface area contributed by atoms with Crippen LogP contribution < -0.4 is 0 Å². The average molecular weight is 457 g/mol. The number of fused-ring (bicyclic) bond motifs is 5. The van der Waals surface area contributed by atoms with Crippen LogP contribution in [0.2, 0.25) is 0 Å². The summed E-state index contributed by atoms with van der Waals surface area (Å²) in [5, 5.41) is 11.8. The van der Waals surface area contributed by atoms with Crippen molar-refractivity contribution in [2.24, 2.45) is 23.2 Å². The first kappa shape index (κ1) is 19.8. The highest BCUT2D eigenvalue weighted by molar-refractivity contribution is 9.10. The summed E-state index contributed by atoms with van der Waals surface area (Å²) in [6.07, 6.45) is 9.65. The molecule has 4 saturated carbocycles. The zero-order valence-electron chi connectivity index (χ0n) is 17.0. The van der Waals surface area contributed by atoms with Crippen molar-refractivity contribution in [3.63, 3.8) is 0 Å². The first-order valence-electron chi connectivity index (χ1n) is 11.1. The second-order valence-electron chi connectivity index (χ2n) is 10.5. The van der Waals surface area contributed by atoms with Crippen molar-refractivity contribution in [3.8, 4) is 0 Å². The molecule has 5 fully saturated rings. The van der Waals surface area contributed by atoms with Gasteiger partial charge in [-0.1, -0.05) is 22.9 Å². The van der Waals surface area contributed by atoms with Gasteiger partial charge in [0.1, 0.15) is 11.7 Å². The van der Waals surface area contributed by atoms with Crippen LogP contribution in [0, 0.1) is 23.2 Å². The Morgan fingerprint density at radius 3 is 2.61 bits per heavy atom. The van der Waals surface area contributed by atoms with Crippen LogP contribution >= 0.6 is 15.9 Å². The number of ether oxygens (including phenoxy) is 1. The monoisotopic (exact) mass is 456 g/mol. The molecule has 1 saturated heterocycles. The van der Waals surface area contributed by atoms with Gasteiger partial charge < -0.3 is 9.84 Å². The van der Waals surface area contributed by atoms with E-state index in [1.165, 1.54) is 6.92 Å². The molecule has 28 heavy (non-hydrogen) atoms. The molecule has 1 unspecified atom stereocenters. The molecular weight excluding hydrogens is 424 g/mol. The van der Waals surface area contributed by atoms with E-state index in [-0.39, 0.29) is 27.4 Å². The summed E-state index contributed by atoms with van der Waals surface area (Å²) in [5.41, 5.74) is -0.943. The molecule has 1 aliphatic heterocycles. The van der Waals surface area contributed by atoms with E-state index in [0.717, 1.165) is 57.8 Å². The second-order valence-corrected chi connectivity index (χ2v) is 12.0. The van der Waals surface area contributed by atoms with Crippen molar-refractivity contribution in [1.29, 1.82) is 0 Å². The van der Waals surface area contributed by atoms with Gasteiger partial charge in [0.25, 0.3) is 0 Å². The summed E-state index contributed by atoms with van der Waals surface area (Å²) in [6.45, 7) is 4.51. The summed E-state index contributed by atoms with van der Waals surface area (Å²) < 4.78 is 5.51. The Balaban J connectivity index is 1.41. The fraction of sp³-hybridized carbons (Fsp3) is 0.955. The molecule has 1 heterocycles. The molecular formula is C22H33BrO5. The molecule has 4 aliphatic carbocycles. The lowest BCUT2D eigenvalue weighted by Crippen LogP contribution is -2.67. The Kier molecular flexibility index (Phi) is 4.53. The number of carbonyl (C=O) groups is 1. The van der Waals surface area contributed by atoms with Gasteiger partial charge in [0, 0.05) is 25.2 Å². The van der Waals surface area contributed by atoms with Crippen LogP contribution in [-0.4, -0.2) is 39.3 Å². The Hall–Kier alpha value is -0.170. The topological polar surface area (TPSA) is 65.0 Å². The maximum Gasteiger partial charge on any atom is 0.302 e. The van der Waals surface area contributed by atoms with Crippen molar-refractivity contribution in [2.75, 3.05) is 6.61 Å². The third-order valence-corrected chi connectivity index (χ3v) is 11.1. The molecule has 0 bridgehead atoms. The van der Waals surface area contributed by atoms with Crippen LogP contribution in [0.5, 0.6) is 0 Å². The largest absolute Gasteiger partial charge is 0.462 e. The normalized spacial score (nSPS) is 55.4. The van der Waals surface area contributed by atoms with E-state index in [2.05, 4.69) is 22.9 Å². The van der Waals surface area contributed by atoms with Gasteiger partial charge in [-0.3, -0.25) is 4.79 Å². The molecule has 5 aliphatic rings. The standard InChI is InChI=1S/C22H33BrO5/c1-14(24)27-18-4-3-16-15-5-8-21(25)13-20(11-12-26-28-20)9-10-22(21,23)17(15)6-7-19(16,18)2/h15-18,25H,3-13H2,1-2H3/t15-,16-,17-,18-,19-,20?,21+,22-/m0/s1. The number of hydrogen-bond donors (Lipinski definition) is 1. The predicted octanol–water partition coefficient (Wildman–Crippen LogP) is 4.29. The average Bonchev–Trinajstić information content (AvgIpc) is 3.21. The van der Waals surface area contributed by atoms with E-state index in [1.54, 1.807) is 0 Å². The number of rotatable bonds is 1. The second kappa shape index (κ2) is 6.41. The minimum atomic E-state index is -0.734. The van der Waals surface area contributed by atoms with Crippen molar-refractivity contribution in [3.05, 3.63) is 0 Å². The molecule has 1 spiro atoms. The third kappa shape index (κ3) is 2.63. The van der Waals surface area contributed by atoms with Gasteiger partial charge in [-0.2, -0.15) is 0 Å². The Morgan fingerprint density at radius 2 is 1.89 bits per heavy atom. The number of aliphatic hydroxyl groups is 1. The molecule has 5 rings (SSSR count). The molecule has 158 valence electrons. The molecule has 0 aromatic rings. The summed E-state index contributed by atoms with van der Waals surface area (Å²) in [5.74, 6) is 1.49. The highest BCUT2D eigenvalue weighted by Crippen LogP contribution is 2.68. The van der Waals surface area contributed by atoms with E-state index in [4.69, 9.17) is 14.5 Å². The maximum absolute atomic E-state index is 11.8. The van der Waals surface area contributed by atoms with E-state index in [1.807, 2.05) is 0 Å². The number of esters is 1. The molecule has 0 aromatic carbocycles. The first-order chi connectivity index (χ1) is 13.2. The van der Waals surface area contributed by atoms with Gasteiger partial charge in [0.2, 0.25) is 0 Å². The lowest BCUT2D eigenvalue weighted by molar-refractivity contribution is -0.329. The van der Waals surface area contributed by atoms with Gasteiger partial charge >= 0.3 is 5.97 Å². The fourth-order valence-electron chi connectivity index (χ4n) is 7.97. The van der Waals surface area contributed by atoms with Crippen LogP contribution in [-0.2, 0) is 19.3 Å². The number of halogens is 1. The lowest BCUT2D eigenvalue weighted by atomic mass is 9.48. The first-order valence-corrected chi connectivity index (χ1v) is 11.9. The Morgan fingerprint density at radius 1 is 1.07 bits per heavy atom. The van der Waals surface area contributed by atoms with Gasteiger partial charge in [0.05, 0.1) is 16.5 Å².